The van der Waals surface area contributed by atoms with Gasteiger partial charge in [-0.3, -0.25) is 4.99 Å². The van der Waals surface area contributed by atoms with E-state index in [0.717, 1.165) is 44.4 Å². The zero-order valence-electron chi connectivity index (χ0n) is 20.3. The minimum atomic E-state index is 0. The van der Waals surface area contributed by atoms with Crippen molar-refractivity contribution in [2.24, 2.45) is 4.99 Å². The molecule has 182 valence electrons. The van der Waals surface area contributed by atoms with Crippen LogP contribution in [-0.2, 0) is 13.0 Å². The zero-order valence-corrected chi connectivity index (χ0v) is 22.6. The SMILES string of the molecule is CCNC(=NCCc1nccn1Cc1ccccc1)NC(C)c1cccc(N2CCCC2)c1.I. The van der Waals surface area contributed by atoms with Crippen LogP contribution in [-0.4, -0.2) is 41.7 Å². The second kappa shape index (κ2) is 13.4. The van der Waals surface area contributed by atoms with Gasteiger partial charge in [0.15, 0.2) is 5.96 Å². The Morgan fingerprint density at radius 1 is 1.09 bits per heavy atom. The van der Waals surface area contributed by atoms with Gasteiger partial charge in [0.25, 0.3) is 0 Å². The molecule has 34 heavy (non-hydrogen) atoms. The molecule has 0 bridgehead atoms. The second-order valence-corrected chi connectivity index (χ2v) is 8.62. The van der Waals surface area contributed by atoms with Crippen LogP contribution in [0.5, 0.6) is 0 Å². The number of aliphatic imine (C=N–C) groups is 1. The molecule has 1 aliphatic rings. The van der Waals surface area contributed by atoms with E-state index in [1.807, 2.05) is 18.5 Å². The van der Waals surface area contributed by atoms with Gasteiger partial charge in [-0.25, -0.2) is 4.98 Å². The first-order valence-electron chi connectivity index (χ1n) is 12.2. The molecule has 0 aliphatic carbocycles. The molecule has 0 saturated carbocycles. The molecule has 7 heteroatoms. The average molecular weight is 573 g/mol. The summed E-state index contributed by atoms with van der Waals surface area (Å²) in [6.07, 6.45) is 7.30. The Morgan fingerprint density at radius 3 is 2.65 bits per heavy atom. The molecule has 1 fully saturated rings. The molecule has 1 saturated heterocycles. The van der Waals surface area contributed by atoms with Crippen LogP contribution in [0.1, 0.15) is 49.7 Å². The lowest BCUT2D eigenvalue weighted by atomic mass is 10.1. The standard InChI is InChI=1S/C27H36N6.HI/c1-3-28-27(31-22(2)24-12-9-13-25(20-24)32-17-7-8-18-32)30-15-14-26-29-16-19-33(26)21-23-10-5-4-6-11-23;/h4-6,9-13,16,19-20,22H,3,7-8,14-15,17-18,21H2,1-2H3,(H2,28,30,31);1H. The van der Waals surface area contributed by atoms with E-state index in [2.05, 4.69) is 87.5 Å². The minimum absolute atomic E-state index is 0. The van der Waals surface area contributed by atoms with Crippen molar-refractivity contribution in [1.29, 1.82) is 0 Å². The minimum Gasteiger partial charge on any atom is -0.372 e. The molecular formula is C27H37IN6. The number of benzene rings is 2. The number of hydrogen-bond acceptors (Lipinski definition) is 3. The molecule has 1 unspecified atom stereocenters. The molecular weight excluding hydrogens is 535 g/mol. The maximum atomic E-state index is 4.83. The van der Waals surface area contributed by atoms with Gasteiger partial charge in [0, 0.05) is 57.2 Å². The van der Waals surface area contributed by atoms with Crippen molar-refractivity contribution < 1.29 is 0 Å². The summed E-state index contributed by atoms with van der Waals surface area (Å²) in [6.45, 7) is 8.97. The summed E-state index contributed by atoms with van der Waals surface area (Å²) < 4.78 is 2.21. The third-order valence-corrected chi connectivity index (χ3v) is 6.14. The smallest absolute Gasteiger partial charge is 0.191 e. The summed E-state index contributed by atoms with van der Waals surface area (Å²) in [6, 6.07) is 19.6. The molecule has 1 aromatic heterocycles. The van der Waals surface area contributed by atoms with Crippen molar-refractivity contribution in [2.75, 3.05) is 31.1 Å². The summed E-state index contributed by atoms with van der Waals surface area (Å²) in [5.74, 6) is 1.91. The van der Waals surface area contributed by atoms with Crippen LogP contribution in [0.4, 0.5) is 5.69 Å². The largest absolute Gasteiger partial charge is 0.372 e. The van der Waals surface area contributed by atoms with E-state index in [9.17, 15) is 0 Å². The first-order valence-corrected chi connectivity index (χ1v) is 12.2. The maximum absolute atomic E-state index is 4.83. The molecule has 2 aromatic carbocycles. The summed E-state index contributed by atoms with van der Waals surface area (Å²) in [5, 5.41) is 6.97. The first kappa shape index (κ1) is 26.1. The molecule has 6 nitrogen and oxygen atoms in total. The molecule has 0 radical (unpaired) electrons. The van der Waals surface area contributed by atoms with Crippen molar-refractivity contribution in [2.45, 2.75) is 45.7 Å². The van der Waals surface area contributed by atoms with Crippen molar-refractivity contribution in [3.05, 3.63) is 83.9 Å². The number of rotatable bonds is 9. The molecule has 1 atom stereocenters. The van der Waals surface area contributed by atoms with Gasteiger partial charge in [-0.15, -0.1) is 24.0 Å². The van der Waals surface area contributed by atoms with Crippen LogP contribution in [0.3, 0.4) is 0 Å². The molecule has 2 N–H and O–H groups in total. The molecule has 0 amide bonds. The van der Waals surface area contributed by atoms with Gasteiger partial charge in [-0.05, 0) is 49.9 Å². The number of aromatic nitrogens is 2. The Kier molecular flexibility index (Phi) is 10.2. The van der Waals surface area contributed by atoms with Crippen LogP contribution in [0, 0.1) is 0 Å². The molecule has 1 aliphatic heterocycles. The van der Waals surface area contributed by atoms with Crippen LogP contribution >= 0.6 is 24.0 Å². The first-order chi connectivity index (χ1) is 16.2. The highest BCUT2D eigenvalue weighted by Gasteiger charge is 2.14. The third-order valence-electron chi connectivity index (χ3n) is 6.14. The second-order valence-electron chi connectivity index (χ2n) is 8.62. The van der Waals surface area contributed by atoms with E-state index in [1.54, 1.807) is 0 Å². The number of imidazole rings is 1. The van der Waals surface area contributed by atoms with Gasteiger partial charge >= 0.3 is 0 Å². The zero-order chi connectivity index (χ0) is 22.9. The number of nitrogens with one attached hydrogen (secondary N) is 2. The predicted octanol–water partition coefficient (Wildman–Crippen LogP) is 5.01. The van der Waals surface area contributed by atoms with Gasteiger partial charge in [0.05, 0.1) is 6.04 Å². The van der Waals surface area contributed by atoms with Crippen LogP contribution < -0.4 is 15.5 Å². The number of hydrogen-bond donors (Lipinski definition) is 2. The van der Waals surface area contributed by atoms with Gasteiger partial charge in [-0.1, -0.05) is 42.5 Å². The average Bonchev–Trinajstić information content (AvgIpc) is 3.53. The molecule has 2 heterocycles. The molecule has 0 spiro atoms. The normalized spacial score (nSPS) is 14.5. The van der Waals surface area contributed by atoms with Gasteiger partial charge in [-0.2, -0.15) is 0 Å². The van der Waals surface area contributed by atoms with Crippen molar-refractivity contribution in [3.8, 4) is 0 Å². The van der Waals surface area contributed by atoms with Crippen molar-refractivity contribution in [3.63, 3.8) is 0 Å². The number of anilines is 1. The van der Waals surface area contributed by atoms with Crippen molar-refractivity contribution in [1.82, 2.24) is 20.2 Å². The van der Waals surface area contributed by atoms with E-state index >= 15 is 0 Å². The van der Waals surface area contributed by atoms with Gasteiger partial charge in [0.1, 0.15) is 5.82 Å². The summed E-state index contributed by atoms with van der Waals surface area (Å²) in [5.41, 5.74) is 3.88. The maximum Gasteiger partial charge on any atom is 0.191 e. The fraction of sp³-hybridized carbons (Fsp3) is 0.407. The summed E-state index contributed by atoms with van der Waals surface area (Å²) >= 11 is 0. The Hall–Kier alpha value is -2.55. The van der Waals surface area contributed by atoms with Crippen LogP contribution in [0.15, 0.2) is 72.0 Å². The van der Waals surface area contributed by atoms with E-state index in [-0.39, 0.29) is 30.0 Å². The number of nitrogens with zero attached hydrogens (tertiary/aromatic N) is 4. The van der Waals surface area contributed by atoms with Gasteiger partial charge < -0.3 is 20.1 Å². The lowest BCUT2D eigenvalue weighted by Gasteiger charge is -2.22. The van der Waals surface area contributed by atoms with E-state index in [4.69, 9.17) is 4.99 Å². The predicted molar refractivity (Wildman–Crippen MR) is 152 cm³/mol. The fourth-order valence-electron chi connectivity index (χ4n) is 4.33. The van der Waals surface area contributed by atoms with Crippen LogP contribution in [0.25, 0.3) is 0 Å². The Morgan fingerprint density at radius 2 is 1.88 bits per heavy atom. The lowest BCUT2D eigenvalue weighted by Crippen LogP contribution is -2.39. The topological polar surface area (TPSA) is 57.5 Å². The highest BCUT2D eigenvalue weighted by Crippen LogP contribution is 2.24. The third kappa shape index (κ3) is 7.22. The number of guanidine groups is 1. The van der Waals surface area contributed by atoms with Crippen LogP contribution in [0.2, 0.25) is 0 Å². The quantitative estimate of drug-likeness (QED) is 0.215. The Balaban J connectivity index is 0.00000324. The molecule has 3 aromatic rings. The van der Waals surface area contributed by atoms with E-state index in [1.165, 1.54) is 29.7 Å². The van der Waals surface area contributed by atoms with Gasteiger partial charge in [0.2, 0.25) is 0 Å². The summed E-state index contributed by atoms with van der Waals surface area (Å²) in [7, 11) is 0. The Bertz CT molecular complexity index is 1030. The highest BCUT2D eigenvalue weighted by molar-refractivity contribution is 14.0. The monoisotopic (exact) mass is 572 g/mol. The molecule has 4 rings (SSSR count). The number of halogens is 1. The highest BCUT2D eigenvalue weighted by atomic mass is 127. The van der Waals surface area contributed by atoms with E-state index in [0.29, 0.717) is 6.54 Å². The Labute approximate surface area is 220 Å². The lowest BCUT2D eigenvalue weighted by molar-refractivity contribution is 0.679. The summed E-state index contributed by atoms with van der Waals surface area (Å²) in [4.78, 5) is 11.9. The fourth-order valence-corrected chi connectivity index (χ4v) is 4.33. The van der Waals surface area contributed by atoms with Crippen molar-refractivity contribution >= 4 is 35.6 Å². The van der Waals surface area contributed by atoms with E-state index < -0.39 is 0 Å².